The van der Waals surface area contributed by atoms with Crippen LogP contribution in [0.1, 0.15) is 12.6 Å². The Morgan fingerprint density at radius 3 is 2.92 bits per heavy atom. The Morgan fingerprint density at radius 2 is 2.25 bits per heavy atom. The lowest BCUT2D eigenvalue weighted by atomic mass is 10.5. The van der Waals surface area contributed by atoms with Gasteiger partial charge in [-0.1, -0.05) is 6.08 Å². The van der Waals surface area contributed by atoms with E-state index in [9.17, 15) is 0 Å². The molecule has 0 bridgehead atoms. The molecule has 0 aromatic carbocycles. The van der Waals surface area contributed by atoms with Crippen LogP contribution in [-0.4, -0.2) is 9.97 Å². The molecule has 0 atom stereocenters. The molecule has 0 aliphatic carbocycles. The molecular formula is C8H10N4. The average molecular weight is 162 g/mol. The molecule has 0 amide bonds. The first-order valence-corrected chi connectivity index (χ1v) is 3.59. The van der Waals surface area contributed by atoms with Crippen LogP contribution in [0.5, 0.6) is 0 Å². The van der Waals surface area contributed by atoms with Gasteiger partial charge in [0.1, 0.15) is 0 Å². The minimum absolute atomic E-state index is 0.912. The van der Waals surface area contributed by atoms with Gasteiger partial charge in [0.25, 0.3) is 0 Å². The summed E-state index contributed by atoms with van der Waals surface area (Å²) in [5.74, 6) is 0. The van der Waals surface area contributed by atoms with Crippen molar-refractivity contribution in [3.63, 3.8) is 0 Å². The van der Waals surface area contributed by atoms with Crippen molar-refractivity contribution in [3.8, 4) is 0 Å². The molecule has 12 heavy (non-hydrogen) atoms. The van der Waals surface area contributed by atoms with Crippen molar-refractivity contribution in [3.05, 3.63) is 36.7 Å². The third-order valence-electron chi connectivity index (χ3n) is 1.12. The summed E-state index contributed by atoms with van der Waals surface area (Å²) < 4.78 is 0. The Hall–Kier alpha value is -1.71. The zero-order valence-electron chi connectivity index (χ0n) is 6.81. The molecule has 1 rings (SSSR count). The molecule has 1 N–H and O–H groups in total. The van der Waals surface area contributed by atoms with Crippen LogP contribution in [0.3, 0.4) is 0 Å². The molecule has 0 radical (unpaired) electrons. The normalized spacial score (nSPS) is 12.4. The van der Waals surface area contributed by atoms with E-state index in [1.54, 1.807) is 31.0 Å². The standard InChI is InChI=1S/C8H10N4/c1-2-4-11-12-5-3-8-6-9-7-10-8/h2-7H,1H3,(H,9,10)/b4-2-,5-3+,12-11-. The van der Waals surface area contributed by atoms with Gasteiger partial charge in [0.2, 0.25) is 0 Å². The molecule has 0 saturated carbocycles. The fourth-order valence-electron chi connectivity index (χ4n) is 0.615. The van der Waals surface area contributed by atoms with Gasteiger partial charge in [0.05, 0.1) is 24.4 Å². The third-order valence-corrected chi connectivity index (χ3v) is 1.12. The van der Waals surface area contributed by atoms with Crippen LogP contribution in [0, 0.1) is 0 Å². The fourth-order valence-corrected chi connectivity index (χ4v) is 0.615. The minimum Gasteiger partial charge on any atom is -0.345 e. The first kappa shape index (κ1) is 8.39. The summed E-state index contributed by atoms with van der Waals surface area (Å²) >= 11 is 0. The van der Waals surface area contributed by atoms with Crippen molar-refractivity contribution in [2.75, 3.05) is 0 Å². The van der Waals surface area contributed by atoms with E-state index < -0.39 is 0 Å². The van der Waals surface area contributed by atoms with Crippen LogP contribution in [-0.2, 0) is 0 Å². The van der Waals surface area contributed by atoms with Crippen LogP contribution in [0.15, 0.2) is 41.2 Å². The van der Waals surface area contributed by atoms with Crippen molar-refractivity contribution in [1.29, 1.82) is 0 Å². The van der Waals surface area contributed by atoms with E-state index in [0.29, 0.717) is 0 Å². The highest BCUT2D eigenvalue weighted by Gasteiger charge is 1.81. The molecule has 4 heteroatoms. The topological polar surface area (TPSA) is 53.4 Å². The van der Waals surface area contributed by atoms with Gasteiger partial charge in [-0.2, -0.15) is 10.2 Å². The summed E-state index contributed by atoms with van der Waals surface area (Å²) in [4.78, 5) is 6.75. The second kappa shape index (κ2) is 5.01. The minimum atomic E-state index is 0.912. The highest BCUT2D eigenvalue weighted by Crippen LogP contribution is 1.94. The Labute approximate surface area is 70.8 Å². The van der Waals surface area contributed by atoms with Crippen LogP contribution in [0.4, 0.5) is 0 Å². The lowest BCUT2D eigenvalue weighted by Crippen LogP contribution is -1.64. The average Bonchev–Trinajstić information content (AvgIpc) is 2.57. The van der Waals surface area contributed by atoms with Gasteiger partial charge in [0.15, 0.2) is 0 Å². The summed E-state index contributed by atoms with van der Waals surface area (Å²) in [6, 6.07) is 0. The number of imidazole rings is 1. The van der Waals surface area contributed by atoms with Gasteiger partial charge in [0, 0.05) is 6.20 Å². The van der Waals surface area contributed by atoms with E-state index >= 15 is 0 Å². The molecule has 4 nitrogen and oxygen atoms in total. The molecular weight excluding hydrogens is 152 g/mol. The molecule has 62 valence electrons. The van der Waals surface area contributed by atoms with Crippen molar-refractivity contribution < 1.29 is 0 Å². The molecule has 0 aliphatic rings. The molecule has 0 spiro atoms. The summed E-state index contributed by atoms with van der Waals surface area (Å²) in [6.07, 6.45) is 10.2. The highest BCUT2D eigenvalue weighted by molar-refractivity contribution is 5.41. The zero-order valence-corrected chi connectivity index (χ0v) is 6.81. The number of rotatable bonds is 3. The van der Waals surface area contributed by atoms with Gasteiger partial charge in [-0.25, -0.2) is 4.98 Å². The molecule has 0 unspecified atom stereocenters. The SMILES string of the molecule is C\C=C/N=N\C=C\c1cnc[nH]1. The first-order valence-electron chi connectivity index (χ1n) is 3.59. The third kappa shape index (κ3) is 2.92. The summed E-state index contributed by atoms with van der Waals surface area (Å²) in [5, 5.41) is 7.46. The predicted octanol–water partition coefficient (Wildman–Crippen LogP) is 2.37. The number of aromatic amines is 1. The largest absolute Gasteiger partial charge is 0.345 e. The smallest absolute Gasteiger partial charge is 0.0924 e. The maximum atomic E-state index is 3.84. The Bertz CT molecular complexity index is 282. The van der Waals surface area contributed by atoms with Crippen LogP contribution in [0.2, 0.25) is 0 Å². The maximum Gasteiger partial charge on any atom is 0.0924 e. The van der Waals surface area contributed by atoms with E-state index in [-0.39, 0.29) is 0 Å². The summed E-state index contributed by atoms with van der Waals surface area (Å²) in [5.41, 5.74) is 0.912. The van der Waals surface area contributed by atoms with Gasteiger partial charge in [-0.3, -0.25) is 0 Å². The van der Waals surface area contributed by atoms with E-state index in [2.05, 4.69) is 20.2 Å². The van der Waals surface area contributed by atoms with Gasteiger partial charge < -0.3 is 4.98 Å². The lowest BCUT2D eigenvalue weighted by Gasteiger charge is -1.78. The maximum absolute atomic E-state index is 3.84. The number of nitrogens with one attached hydrogen (secondary N) is 1. The summed E-state index contributed by atoms with van der Waals surface area (Å²) in [7, 11) is 0. The molecule has 0 saturated heterocycles. The van der Waals surface area contributed by atoms with Gasteiger partial charge in [-0.05, 0) is 13.0 Å². The second-order valence-corrected chi connectivity index (χ2v) is 2.04. The second-order valence-electron chi connectivity index (χ2n) is 2.04. The Balaban J connectivity index is 2.41. The number of H-pyrrole nitrogens is 1. The van der Waals surface area contributed by atoms with Crippen LogP contribution < -0.4 is 0 Å². The number of nitrogens with zero attached hydrogens (tertiary/aromatic N) is 3. The van der Waals surface area contributed by atoms with Gasteiger partial charge >= 0.3 is 0 Å². The quantitative estimate of drug-likeness (QED) is 0.681. The van der Waals surface area contributed by atoms with Crippen molar-refractivity contribution in [2.24, 2.45) is 10.2 Å². The first-order chi connectivity index (χ1) is 5.93. The molecule has 0 fully saturated rings. The zero-order chi connectivity index (χ0) is 8.65. The number of hydrogen-bond acceptors (Lipinski definition) is 3. The monoisotopic (exact) mass is 162 g/mol. The van der Waals surface area contributed by atoms with E-state index in [1.807, 2.05) is 13.0 Å². The van der Waals surface area contributed by atoms with E-state index in [1.165, 1.54) is 0 Å². The lowest BCUT2D eigenvalue weighted by molar-refractivity contribution is 1.22. The van der Waals surface area contributed by atoms with Crippen molar-refractivity contribution in [1.82, 2.24) is 9.97 Å². The Kier molecular flexibility index (Phi) is 3.50. The molecule has 1 aromatic rings. The van der Waals surface area contributed by atoms with E-state index in [0.717, 1.165) is 5.69 Å². The summed E-state index contributed by atoms with van der Waals surface area (Å²) in [6.45, 7) is 1.89. The van der Waals surface area contributed by atoms with Gasteiger partial charge in [-0.15, -0.1) is 0 Å². The molecule has 1 heterocycles. The van der Waals surface area contributed by atoms with Crippen molar-refractivity contribution >= 4 is 6.08 Å². The number of hydrogen-bond donors (Lipinski definition) is 1. The molecule has 0 aliphatic heterocycles. The fraction of sp³-hybridized carbons (Fsp3) is 0.125. The number of aromatic nitrogens is 2. The predicted molar refractivity (Wildman–Crippen MR) is 47.3 cm³/mol. The van der Waals surface area contributed by atoms with Crippen LogP contribution >= 0.6 is 0 Å². The van der Waals surface area contributed by atoms with Crippen LogP contribution in [0.25, 0.3) is 6.08 Å². The number of allylic oxidation sites excluding steroid dienone is 1. The van der Waals surface area contributed by atoms with Crippen molar-refractivity contribution in [2.45, 2.75) is 6.92 Å². The molecule has 1 aromatic heterocycles. The Morgan fingerprint density at radius 1 is 1.42 bits per heavy atom. The van der Waals surface area contributed by atoms with E-state index in [4.69, 9.17) is 0 Å². The highest BCUT2D eigenvalue weighted by atomic mass is 15.1. The number of azo groups is 1.